The Labute approximate surface area is 148 Å². The molecule has 2 rings (SSSR count). The lowest BCUT2D eigenvalue weighted by Gasteiger charge is -2.12. The molecule has 0 saturated heterocycles. The fourth-order valence-electron chi connectivity index (χ4n) is 2.01. The molecule has 1 aromatic rings. The third-order valence-corrected chi connectivity index (χ3v) is 3.46. The second-order valence-electron chi connectivity index (χ2n) is 6.40. The molecule has 0 aliphatic heterocycles. The number of rotatable bonds is 9. The van der Waals surface area contributed by atoms with Gasteiger partial charge in [0.2, 0.25) is 0 Å². The highest BCUT2D eigenvalue weighted by Gasteiger charge is 2.23. The summed E-state index contributed by atoms with van der Waals surface area (Å²) >= 11 is 0. The summed E-state index contributed by atoms with van der Waals surface area (Å²) in [6.07, 6.45) is 4.89. The van der Waals surface area contributed by atoms with Crippen molar-refractivity contribution < 1.29 is 23.8 Å². The molecule has 25 heavy (non-hydrogen) atoms. The molecule has 1 aromatic carbocycles. The van der Waals surface area contributed by atoms with Crippen molar-refractivity contribution in [3.05, 3.63) is 29.8 Å². The predicted octanol–water partition coefficient (Wildman–Crippen LogP) is 2.57. The number of carbonyl (C=O) groups is 2. The molecule has 1 N–H and O–H groups in total. The van der Waals surface area contributed by atoms with Gasteiger partial charge in [0.25, 0.3) is 5.91 Å². The van der Waals surface area contributed by atoms with Crippen molar-refractivity contribution in [2.75, 3.05) is 20.3 Å². The van der Waals surface area contributed by atoms with Gasteiger partial charge in [-0.25, -0.2) is 4.79 Å². The van der Waals surface area contributed by atoms with Crippen LogP contribution in [-0.2, 0) is 14.3 Å². The Kier molecular flexibility index (Phi) is 6.86. The van der Waals surface area contributed by atoms with Crippen LogP contribution in [0.25, 0.3) is 6.08 Å². The largest absolute Gasteiger partial charge is 0.493 e. The highest BCUT2D eigenvalue weighted by molar-refractivity contribution is 5.89. The van der Waals surface area contributed by atoms with Crippen LogP contribution in [0.3, 0.4) is 0 Å². The van der Waals surface area contributed by atoms with E-state index in [1.807, 2.05) is 6.07 Å². The third-order valence-electron chi connectivity index (χ3n) is 3.46. The molecule has 6 nitrogen and oxygen atoms in total. The van der Waals surface area contributed by atoms with Crippen molar-refractivity contribution in [1.29, 1.82) is 0 Å². The summed E-state index contributed by atoms with van der Waals surface area (Å²) in [5, 5.41) is 2.75. The molecule has 0 atom stereocenters. The third kappa shape index (κ3) is 6.87. The smallest absolute Gasteiger partial charge is 0.331 e. The van der Waals surface area contributed by atoms with Gasteiger partial charge in [-0.15, -0.1) is 0 Å². The van der Waals surface area contributed by atoms with Gasteiger partial charge in [-0.2, -0.15) is 0 Å². The van der Waals surface area contributed by atoms with Crippen LogP contribution in [0.5, 0.6) is 11.5 Å². The van der Waals surface area contributed by atoms with Gasteiger partial charge in [-0.05, 0) is 42.5 Å². The Morgan fingerprint density at radius 3 is 2.68 bits per heavy atom. The van der Waals surface area contributed by atoms with Crippen LogP contribution < -0.4 is 14.8 Å². The van der Waals surface area contributed by atoms with Gasteiger partial charge in [-0.3, -0.25) is 4.79 Å². The first-order valence-electron chi connectivity index (χ1n) is 8.43. The summed E-state index contributed by atoms with van der Waals surface area (Å²) in [5.41, 5.74) is 0.771. The zero-order valence-electron chi connectivity index (χ0n) is 14.9. The van der Waals surface area contributed by atoms with E-state index in [0.29, 0.717) is 24.0 Å². The molecule has 0 spiro atoms. The SMILES string of the molecule is COc1cc(/C=C/C(=O)OCC(=O)NC2CC2)ccc1OCC(C)C. The monoisotopic (exact) mass is 347 g/mol. The molecule has 0 unspecified atom stereocenters. The summed E-state index contributed by atoms with van der Waals surface area (Å²) in [7, 11) is 1.57. The molecule has 0 radical (unpaired) electrons. The number of hydrogen-bond donors (Lipinski definition) is 1. The molecule has 1 saturated carbocycles. The summed E-state index contributed by atoms with van der Waals surface area (Å²) in [4.78, 5) is 23.1. The van der Waals surface area contributed by atoms with Crippen molar-refractivity contribution in [2.45, 2.75) is 32.7 Å². The number of methoxy groups -OCH3 is 1. The zero-order chi connectivity index (χ0) is 18.2. The first-order chi connectivity index (χ1) is 12.0. The van der Waals surface area contributed by atoms with Gasteiger partial charge in [0.15, 0.2) is 18.1 Å². The van der Waals surface area contributed by atoms with Gasteiger partial charge in [0.1, 0.15) is 0 Å². The Balaban J connectivity index is 1.86. The van der Waals surface area contributed by atoms with Crippen molar-refractivity contribution in [3.63, 3.8) is 0 Å². The van der Waals surface area contributed by atoms with Gasteiger partial charge >= 0.3 is 5.97 Å². The molecule has 1 fully saturated rings. The Morgan fingerprint density at radius 1 is 1.28 bits per heavy atom. The molecule has 6 heteroatoms. The zero-order valence-corrected chi connectivity index (χ0v) is 14.9. The van der Waals surface area contributed by atoms with E-state index in [1.54, 1.807) is 25.3 Å². The number of hydrogen-bond acceptors (Lipinski definition) is 5. The average Bonchev–Trinajstić information content (AvgIpc) is 3.40. The molecule has 1 aliphatic rings. The fourth-order valence-corrected chi connectivity index (χ4v) is 2.01. The molecule has 0 aromatic heterocycles. The minimum atomic E-state index is -0.565. The molecule has 136 valence electrons. The number of amides is 1. The van der Waals surface area contributed by atoms with E-state index in [9.17, 15) is 9.59 Å². The second kappa shape index (κ2) is 9.11. The Morgan fingerprint density at radius 2 is 2.04 bits per heavy atom. The highest BCUT2D eigenvalue weighted by atomic mass is 16.5. The average molecular weight is 347 g/mol. The first-order valence-corrected chi connectivity index (χ1v) is 8.43. The van der Waals surface area contributed by atoms with E-state index in [2.05, 4.69) is 19.2 Å². The van der Waals surface area contributed by atoms with Crippen LogP contribution in [-0.4, -0.2) is 38.2 Å². The molecule has 1 aliphatic carbocycles. The van der Waals surface area contributed by atoms with Crippen molar-refractivity contribution >= 4 is 18.0 Å². The maximum atomic E-state index is 11.7. The van der Waals surface area contributed by atoms with Crippen LogP contribution in [0.4, 0.5) is 0 Å². The molecular weight excluding hydrogens is 322 g/mol. The lowest BCUT2D eigenvalue weighted by Crippen LogP contribution is -2.30. The number of ether oxygens (including phenoxy) is 3. The van der Waals surface area contributed by atoms with E-state index >= 15 is 0 Å². The molecule has 1 amide bonds. The van der Waals surface area contributed by atoms with Gasteiger partial charge in [0, 0.05) is 12.1 Å². The lowest BCUT2D eigenvalue weighted by molar-refractivity contribution is -0.143. The van der Waals surface area contributed by atoms with Crippen LogP contribution in [0.15, 0.2) is 24.3 Å². The van der Waals surface area contributed by atoms with Gasteiger partial charge < -0.3 is 19.5 Å². The van der Waals surface area contributed by atoms with Crippen molar-refractivity contribution in [2.24, 2.45) is 5.92 Å². The predicted molar refractivity (Wildman–Crippen MR) is 94.5 cm³/mol. The van der Waals surface area contributed by atoms with E-state index in [4.69, 9.17) is 14.2 Å². The topological polar surface area (TPSA) is 73.9 Å². The molecule has 0 heterocycles. The van der Waals surface area contributed by atoms with Gasteiger partial charge in [-0.1, -0.05) is 19.9 Å². The maximum absolute atomic E-state index is 11.7. The normalized spacial score (nSPS) is 13.8. The number of carbonyl (C=O) groups excluding carboxylic acids is 2. The number of esters is 1. The van der Waals surface area contributed by atoms with Crippen molar-refractivity contribution in [1.82, 2.24) is 5.32 Å². The maximum Gasteiger partial charge on any atom is 0.331 e. The Hall–Kier alpha value is -2.50. The summed E-state index contributed by atoms with van der Waals surface area (Å²) < 4.78 is 15.9. The van der Waals surface area contributed by atoms with E-state index < -0.39 is 5.97 Å². The summed E-state index contributed by atoms with van der Waals surface area (Å²) in [6.45, 7) is 4.48. The van der Waals surface area contributed by atoms with Crippen molar-refractivity contribution in [3.8, 4) is 11.5 Å². The molecular formula is C19H25NO5. The highest BCUT2D eigenvalue weighted by Crippen LogP contribution is 2.29. The lowest BCUT2D eigenvalue weighted by atomic mass is 10.2. The minimum Gasteiger partial charge on any atom is -0.493 e. The summed E-state index contributed by atoms with van der Waals surface area (Å²) in [5.74, 6) is 0.839. The van der Waals surface area contributed by atoms with E-state index in [1.165, 1.54) is 6.08 Å². The van der Waals surface area contributed by atoms with Crippen LogP contribution in [0, 0.1) is 5.92 Å². The first kappa shape index (κ1) is 18.8. The standard InChI is InChI=1S/C19H25NO5/c1-13(2)11-24-16-8-4-14(10-17(16)23-3)5-9-19(22)25-12-18(21)20-15-6-7-15/h4-5,8-10,13,15H,6-7,11-12H2,1-3H3,(H,20,21)/b9-5+. The minimum absolute atomic E-state index is 0.255. The summed E-state index contributed by atoms with van der Waals surface area (Å²) in [6, 6.07) is 5.65. The van der Waals surface area contributed by atoms with E-state index in [-0.39, 0.29) is 18.6 Å². The number of nitrogens with one attached hydrogen (secondary N) is 1. The number of benzene rings is 1. The van der Waals surface area contributed by atoms with Gasteiger partial charge in [0.05, 0.1) is 13.7 Å². The van der Waals surface area contributed by atoms with Crippen LogP contribution in [0.1, 0.15) is 32.3 Å². The quantitative estimate of drug-likeness (QED) is 0.549. The second-order valence-corrected chi connectivity index (χ2v) is 6.40. The fraction of sp³-hybridized carbons (Fsp3) is 0.474. The van der Waals surface area contributed by atoms with Crippen LogP contribution >= 0.6 is 0 Å². The Bertz CT molecular complexity index is 635. The van der Waals surface area contributed by atoms with Crippen LogP contribution in [0.2, 0.25) is 0 Å². The van der Waals surface area contributed by atoms with E-state index in [0.717, 1.165) is 18.4 Å². The molecule has 0 bridgehead atoms.